The van der Waals surface area contributed by atoms with Gasteiger partial charge >= 0.3 is 0 Å². The number of rotatable bonds is 3. The van der Waals surface area contributed by atoms with Crippen molar-refractivity contribution in [1.82, 2.24) is 14.9 Å². The number of fused-ring (bicyclic) bond motifs is 1. The third-order valence-corrected chi connectivity index (χ3v) is 4.82. The maximum Gasteiger partial charge on any atom is 0.199 e. The van der Waals surface area contributed by atoms with Crippen molar-refractivity contribution in [1.29, 1.82) is 0 Å². The zero-order chi connectivity index (χ0) is 15.1. The smallest absolute Gasteiger partial charge is 0.199 e. The van der Waals surface area contributed by atoms with Gasteiger partial charge in [-0.1, -0.05) is 0 Å². The second kappa shape index (κ2) is 5.33. The molecule has 0 aliphatic carbocycles. The maximum absolute atomic E-state index is 13.3. The number of likely N-dealkylation sites (tertiary alicyclic amines) is 1. The number of hydrogen-bond acceptors (Lipinski definition) is 6. The molecule has 2 N–H and O–H groups in total. The first-order valence-electron chi connectivity index (χ1n) is 7.15. The van der Waals surface area contributed by atoms with Crippen LogP contribution < -0.4 is 5.73 Å². The first-order valence-corrected chi connectivity index (χ1v) is 7.97. The second-order valence-electron chi connectivity index (χ2n) is 5.46. The highest BCUT2D eigenvalue weighted by molar-refractivity contribution is 7.18. The minimum absolute atomic E-state index is 0.448. The van der Waals surface area contributed by atoms with Gasteiger partial charge < -0.3 is 10.2 Å². The van der Waals surface area contributed by atoms with E-state index >= 15 is 0 Å². The van der Waals surface area contributed by atoms with E-state index in [1.54, 1.807) is 29.7 Å². The lowest BCUT2D eigenvalue weighted by Gasteiger charge is -2.12. The monoisotopic (exact) mass is 318 g/mol. The summed E-state index contributed by atoms with van der Waals surface area (Å²) in [5.74, 6) is 1.54. The summed E-state index contributed by atoms with van der Waals surface area (Å²) >= 11 is 1.57. The standard InChI is InChI=1S/C15H15FN4OS/c16-9-3-4-20(7-9)8-10-6-11-13(17)18-14(19-15(11)22-10)12-2-1-5-21-12/h1-2,5-6,9H,3-4,7-8H2,(H2,17,18,19)/t9-/m1/s1. The molecule has 5 nitrogen and oxygen atoms in total. The summed E-state index contributed by atoms with van der Waals surface area (Å²) in [6.45, 7) is 2.04. The summed E-state index contributed by atoms with van der Waals surface area (Å²) in [5, 5.41) is 0.853. The van der Waals surface area contributed by atoms with Crippen molar-refractivity contribution in [2.24, 2.45) is 0 Å². The minimum Gasteiger partial charge on any atom is -0.461 e. The Morgan fingerprint density at radius 3 is 3.09 bits per heavy atom. The predicted molar refractivity (Wildman–Crippen MR) is 84.3 cm³/mol. The van der Waals surface area contributed by atoms with Crippen molar-refractivity contribution in [2.45, 2.75) is 19.1 Å². The lowest BCUT2D eigenvalue weighted by atomic mass is 10.3. The molecule has 3 aromatic rings. The number of anilines is 1. The van der Waals surface area contributed by atoms with Crippen LogP contribution in [-0.4, -0.2) is 34.1 Å². The van der Waals surface area contributed by atoms with Crippen molar-refractivity contribution in [3.8, 4) is 11.6 Å². The number of nitrogen functional groups attached to an aromatic ring is 1. The zero-order valence-corrected chi connectivity index (χ0v) is 12.6. The average molecular weight is 318 g/mol. The molecular formula is C15H15FN4OS. The number of furan rings is 1. The van der Waals surface area contributed by atoms with E-state index in [0.29, 0.717) is 30.4 Å². The molecule has 1 aliphatic heterocycles. The molecule has 0 amide bonds. The van der Waals surface area contributed by atoms with E-state index in [0.717, 1.165) is 28.2 Å². The van der Waals surface area contributed by atoms with Crippen LogP contribution in [0.15, 0.2) is 28.9 Å². The highest BCUT2D eigenvalue weighted by Gasteiger charge is 2.22. The molecule has 4 heterocycles. The highest BCUT2D eigenvalue weighted by atomic mass is 32.1. The maximum atomic E-state index is 13.3. The zero-order valence-electron chi connectivity index (χ0n) is 11.8. The first kappa shape index (κ1) is 13.7. The normalized spacial score (nSPS) is 19.2. The molecule has 0 unspecified atom stereocenters. The molecule has 0 spiro atoms. The van der Waals surface area contributed by atoms with Crippen LogP contribution in [0.4, 0.5) is 10.2 Å². The molecule has 0 radical (unpaired) electrons. The molecule has 7 heteroatoms. The molecule has 1 atom stereocenters. The number of halogens is 1. The van der Waals surface area contributed by atoms with Crippen molar-refractivity contribution in [2.75, 3.05) is 18.8 Å². The first-order chi connectivity index (χ1) is 10.7. The third-order valence-electron chi connectivity index (χ3n) is 3.81. The molecule has 22 heavy (non-hydrogen) atoms. The number of nitrogens with zero attached hydrogens (tertiary/aromatic N) is 3. The third kappa shape index (κ3) is 2.46. The van der Waals surface area contributed by atoms with E-state index in [4.69, 9.17) is 10.2 Å². The molecule has 1 saturated heterocycles. The topological polar surface area (TPSA) is 68.2 Å². The molecular weight excluding hydrogens is 303 g/mol. The van der Waals surface area contributed by atoms with Gasteiger partial charge in [-0.05, 0) is 24.6 Å². The van der Waals surface area contributed by atoms with Crippen molar-refractivity contribution < 1.29 is 8.81 Å². The predicted octanol–water partition coefficient (Wildman–Crippen LogP) is 3.08. The van der Waals surface area contributed by atoms with Gasteiger partial charge in [0.2, 0.25) is 0 Å². The number of nitrogens with two attached hydrogens (primary N) is 1. The Morgan fingerprint density at radius 1 is 1.45 bits per heavy atom. The summed E-state index contributed by atoms with van der Waals surface area (Å²) in [6, 6.07) is 5.60. The minimum atomic E-state index is -0.704. The summed E-state index contributed by atoms with van der Waals surface area (Å²) in [4.78, 5) is 12.9. The fraction of sp³-hybridized carbons (Fsp3) is 0.333. The molecule has 0 aromatic carbocycles. The average Bonchev–Trinajstić information content (AvgIpc) is 3.19. The summed E-state index contributed by atoms with van der Waals surface area (Å²) < 4.78 is 18.6. The van der Waals surface area contributed by atoms with Crippen molar-refractivity contribution in [3.63, 3.8) is 0 Å². The highest BCUT2D eigenvalue weighted by Crippen LogP contribution is 2.31. The van der Waals surface area contributed by atoms with E-state index in [-0.39, 0.29) is 0 Å². The Morgan fingerprint density at radius 2 is 2.36 bits per heavy atom. The van der Waals surface area contributed by atoms with Crippen molar-refractivity contribution >= 4 is 27.4 Å². The van der Waals surface area contributed by atoms with E-state index in [2.05, 4.69) is 14.9 Å². The Bertz CT molecular complexity index is 801. The van der Waals surface area contributed by atoms with Gasteiger partial charge in [-0.15, -0.1) is 11.3 Å². The van der Waals surface area contributed by atoms with Gasteiger partial charge in [0.15, 0.2) is 11.6 Å². The fourth-order valence-electron chi connectivity index (χ4n) is 2.74. The molecule has 4 rings (SSSR count). The number of alkyl halides is 1. The van der Waals surface area contributed by atoms with Crippen LogP contribution in [0.1, 0.15) is 11.3 Å². The molecule has 1 aliphatic rings. The summed E-state index contributed by atoms with van der Waals surface area (Å²) in [6.07, 6.45) is 1.50. The van der Waals surface area contributed by atoms with E-state index < -0.39 is 6.17 Å². The van der Waals surface area contributed by atoms with Gasteiger partial charge in [0, 0.05) is 24.5 Å². The fourth-order valence-corrected chi connectivity index (χ4v) is 3.81. The van der Waals surface area contributed by atoms with Crippen molar-refractivity contribution in [3.05, 3.63) is 29.3 Å². The molecule has 0 bridgehead atoms. The van der Waals surface area contributed by atoms with E-state index in [1.807, 2.05) is 6.07 Å². The van der Waals surface area contributed by atoms with Gasteiger partial charge in [-0.2, -0.15) is 0 Å². The van der Waals surface area contributed by atoms with Crippen LogP contribution in [0, 0.1) is 0 Å². The molecule has 0 saturated carbocycles. The van der Waals surface area contributed by atoms with Crippen LogP contribution in [0.25, 0.3) is 21.8 Å². The Balaban J connectivity index is 1.67. The van der Waals surface area contributed by atoms with Gasteiger partial charge in [-0.3, -0.25) is 4.90 Å². The Kier molecular flexibility index (Phi) is 3.31. The van der Waals surface area contributed by atoms with Crippen LogP contribution in [-0.2, 0) is 6.54 Å². The van der Waals surface area contributed by atoms with Gasteiger partial charge in [0.25, 0.3) is 0 Å². The van der Waals surface area contributed by atoms with Crippen LogP contribution >= 0.6 is 11.3 Å². The van der Waals surface area contributed by atoms with Gasteiger partial charge in [0.1, 0.15) is 16.8 Å². The largest absolute Gasteiger partial charge is 0.461 e. The Labute approximate surface area is 130 Å². The molecule has 114 valence electrons. The summed E-state index contributed by atoms with van der Waals surface area (Å²) in [7, 11) is 0. The molecule has 1 fully saturated rings. The number of thiophene rings is 1. The van der Waals surface area contributed by atoms with Crippen LogP contribution in [0.5, 0.6) is 0 Å². The van der Waals surface area contributed by atoms with Gasteiger partial charge in [-0.25, -0.2) is 14.4 Å². The summed E-state index contributed by atoms with van der Waals surface area (Å²) in [5.41, 5.74) is 6.05. The molecule has 3 aromatic heterocycles. The number of aromatic nitrogens is 2. The SMILES string of the molecule is Nc1nc(-c2ccco2)nc2sc(CN3CC[C@@H](F)C3)cc12. The van der Waals surface area contributed by atoms with E-state index in [1.165, 1.54) is 0 Å². The van der Waals surface area contributed by atoms with Gasteiger partial charge in [0.05, 0.1) is 11.6 Å². The number of hydrogen-bond donors (Lipinski definition) is 1. The Hall–Kier alpha value is -1.99. The van der Waals surface area contributed by atoms with Crippen LogP contribution in [0.2, 0.25) is 0 Å². The lowest BCUT2D eigenvalue weighted by Crippen LogP contribution is -2.19. The van der Waals surface area contributed by atoms with Crippen LogP contribution in [0.3, 0.4) is 0 Å². The van der Waals surface area contributed by atoms with E-state index in [9.17, 15) is 4.39 Å². The second-order valence-corrected chi connectivity index (χ2v) is 6.58. The lowest BCUT2D eigenvalue weighted by molar-refractivity contribution is 0.284. The quantitative estimate of drug-likeness (QED) is 0.804.